The van der Waals surface area contributed by atoms with Crippen LogP contribution in [0.25, 0.3) is 11.1 Å². The molecular weight excluding hydrogens is 355 g/mol. The number of alkyl halides is 5. The Morgan fingerprint density at radius 1 is 0.905 bits per heavy atom. The second-order valence-electron chi connectivity index (χ2n) is 4.61. The maximum atomic E-state index is 13.4. The molecule has 0 saturated carbocycles. The van der Waals surface area contributed by atoms with E-state index in [1.54, 1.807) is 25.1 Å². The first-order valence-electron chi connectivity index (χ1n) is 5.94. The lowest BCUT2D eigenvalue weighted by Gasteiger charge is -2.20. The molecule has 0 aromatic heterocycles. The molecule has 0 aliphatic heterocycles. The Morgan fingerprint density at radius 3 is 2.19 bits per heavy atom. The van der Waals surface area contributed by atoms with Crippen LogP contribution in [-0.4, -0.2) is 6.18 Å². The summed E-state index contributed by atoms with van der Waals surface area (Å²) in [6.07, 6.45) is -5.61. The van der Waals surface area contributed by atoms with Crippen molar-refractivity contribution in [3.63, 3.8) is 0 Å². The molecule has 0 N–H and O–H groups in total. The summed E-state index contributed by atoms with van der Waals surface area (Å²) in [6, 6.07) is 9.57. The molecule has 0 radical (unpaired) electrons. The van der Waals surface area contributed by atoms with E-state index in [1.165, 1.54) is 12.1 Å². The van der Waals surface area contributed by atoms with Crippen LogP contribution in [-0.2, 0) is 5.92 Å². The fourth-order valence-corrected chi connectivity index (χ4v) is 2.31. The minimum atomic E-state index is -5.61. The van der Waals surface area contributed by atoms with Crippen molar-refractivity contribution in [3.8, 4) is 11.1 Å². The minimum absolute atomic E-state index is 0.315. The molecule has 0 saturated heterocycles. The van der Waals surface area contributed by atoms with Crippen molar-refractivity contribution in [3.05, 3.63) is 58.1 Å². The Bertz CT molecular complexity index is 661. The maximum absolute atomic E-state index is 13.4. The van der Waals surface area contributed by atoms with Crippen LogP contribution in [0.4, 0.5) is 22.0 Å². The number of benzene rings is 2. The summed E-state index contributed by atoms with van der Waals surface area (Å²) < 4.78 is 64.8. The lowest BCUT2D eigenvalue weighted by Crippen LogP contribution is -2.33. The Labute approximate surface area is 126 Å². The smallest absolute Gasteiger partial charge is 0.191 e. The van der Waals surface area contributed by atoms with Gasteiger partial charge in [0, 0.05) is 10.0 Å². The van der Waals surface area contributed by atoms with Gasteiger partial charge in [0.2, 0.25) is 0 Å². The third-order valence-electron chi connectivity index (χ3n) is 3.09. The molecule has 0 unspecified atom stereocenters. The molecule has 0 atom stereocenters. The number of aryl methyl sites for hydroxylation is 1. The monoisotopic (exact) mass is 364 g/mol. The van der Waals surface area contributed by atoms with Crippen molar-refractivity contribution in [1.82, 2.24) is 0 Å². The molecule has 0 amide bonds. The molecule has 0 aliphatic carbocycles. The van der Waals surface area contributed by atoms with Crippen molar-refractivity contribution in [1.29, 1.82) is 0 Å². The highest BCUT2D eigenvalue weighted by molar-refractivity contribution is 9.10. The topological polar surface area (TPSA) is 0 Å². The van der Waals surface area contributed by atoms with E-state index in [9.17, 15) is 22.0 Å². The molecule has 2 rings (SSSR count). The van der Waals surface area contributed by atoms with E-state index in [4.69, 9.17) is 0 Å². The fraction of sp³-hybridized carbons (Fsp3) is 0.200. The van der Waals surface area contributed by atoms with Crippen molar-refractivity contribution in [2.24, 2.45) is 0 Å². The van der Waals surface area contributed by atoms with Crippen LogP contribution in [0.2, 0.25) is 0 Å². The molecule has 2 aromatic carbocycles. The van der Waals surface area contributed by atoms with Gasteiger partial charge in [0.25, 0.3) is 0 Å². The van der Waals surface area contributed by atoms with Gasteiger partial charge in [-0.1, -0.05) is 40.2 Å². The third kappa shape index (κ3) is 3.10. The van der Waals surface area contributed by atoms with Gasteiger partial charge in [0.15, 0.2) is 0 Å². The normalized spacial score (nSPS) is 12.5. The van der Waals surface area contributed by atoms with Gasteiger partial charge in [-0.25, -0.2) is 0 Å². The van der Waals surface area contributed by atoms with E-state index in [2.05, 4.69) is 15.9 Å². The van der Waals surface area contributed by atoms with E-state index in [0.29, 0.717) is 11.1 Å². The average Bonchev–Trinajstić information content (AvgIpc) is 2.40. The Balaban J connectivity index is 2.55. The first-order chi connectivity index (χ1) is 9.63. The molecule has 0 aliphatic rings. The van der Waals surface area contributed by atoms with Gasteiger partial charge < -0.3 is 0 Å². The van der Waals surface area contributed by atoms with E-state index in [0.717, 1.165) is 22.2 Å². The average molecular weight is 365 g/mol. The summed E-state index contributed by atoms with van der Waals surface area (Å²) in [4.78, 5) is 0. The molecule has 21 heavy (non-hydrogen) atoms. The first kappa shape index (κ1) is 15.9. The highest BCUT2D eigenvalue weighted by atomic mass is 79.9. The molecular formula is C15H10BrF5. The van der Waals surface area contributed by atoms with Crippen LogP contribution in [0.5, 0.6) is 0 Å². The van der Waals surface area contributed by atoms with E-state index in [1.807, 2.05) is 0 Å². The summed E-state index contributed by atoms with van der Waals surface area (Å²) in [5.74, 6) is -4.87. The third-order valence-corrected chi connectivity index (χ3v) is 3.59. The van der Waals surface area contributed by atoms with Gasteiger partial charge in [-0.2, -0.15) is 22.0 Å². The summed E-state index contributed by atoms with van der Waals surface area (Å²) in [5, 5.41) is 0. The highest BCUT2D eigenvalue weighted by Crippen LogP contribution is 2.44. The van der Waals surface area contributed by atoms with Gasteiger partial charge in [-0.3, -0.25) is 0 Å². The number of rotatable bonds is 2. The molecule has 0 spiro atoms. The summed E-state index contributed by atoms with van der Waals surface area (Å²) >= 11 is 3.26. The second-order valence-corrected chi connectivity index (χ2v) is 5.53. The lowest BCUT2D eigenvalue weighted by molar-refractivity contribution is -0.289. The van der Waals surface area contributed by atoms with Crippen LogP contribution in [0.3, 0.4) is 0 Å². The van der Waals surface area contributed by atoms with Crippen molar-refractivity contribution in [2.75, 3.05) is 0 Å². The second kappa shape index (κ2) is 5.40. The van der Waals surface area contributed by atoms with E-state index in [-0.39, 0.29) is 0 Å². The van der Waals surface area contributed by atoms with Crippen molar-refractivity contribution in [2.45, 2.75) is 19.0 Å². The highest BCUT2D eigenvalue weighted by Gasteiger charge is 2.58. The van der Waals surface area contributed by atoms with Gasteiger partial charge in [0.1, 0.15) is 0 Å². The van der Waals surface area contributed by atoms with Crippen LogP contribution in [0.15, 0.2) is 46.9 Å². The minimum Gasteiger partial charge on any atom is -0.191 e. The zero-order valence-electron chi connectivity index (χ0n) is 10.8. The maximum Gasteiger partial charge on any atom is 0.458 e. The van der Waals surface area contributed by atoms with E-state index < -0.39 is 17.7 Å². The quantitative estimate of drug-likeness (QED) is 0.566. The molecule has 0 bridgehead atoms. The Kier molecular flexibility index (Phi) is 4.10. The zero-order chi connectivity index (χ0) is 15.8. The fourth-order valence-electron chi connectivity index (χ4n) is 1.95. The van der Waals surface area contributed by atoms with Gasteiger partial charge in [-0.15, -0.1) is 0 Å². The largest absolute Gasteiger partial charge is 0.458 e. The molecule has 112 valence electrons. The summed E-state index contributed by atoms with van der Waals surface area (Å²) in [5.41, 5.74) is 0.636. The van der Waals surface area contributed by atoms with Crippen LogP contribution < -0.4 is 0 Å². The molecule has 0 fully saturated rings. The Morgan fingerprint density at radius 2 is 1.57 bits per heavy atom. The number of halogens is 6. The predicted molar refractivity (Wildman–Crippen MR) is 74.3 cm³/mol. The lowest BCUT2D eigenvalue weighted by atomic mass is 9.97. The van der Waals surface area contributed by atoms with Gasteiger partial charge >= 0.3 is 12.1 Å². The van der Waals surface area contributed by atoms with Gasteiger partial charge in [-0.05, 0) is 41.8 Å². The van der Waals surface area contributed by atoms with E-state index >= 15 is 0 Å². The molecule has 0 nitrogen and oxygen atoms in total. The first-order valence-corrected chi connectivity index (χ1v) is 6.74. The molecule has 0 heterocycles. The van der Waals surface area contributed by atoms with Crippen LogP contribution >= 0.6 is 15.9 Å². The standard InChI is InChI=1S/C15H10BrF5/c1-9-5-6-12(16)8-13(9)10-3-2-4-11(7-10)14(17,18)15(19,20)21/h2-8H,1H3. The van der Waals surface area contributed by atoms with Crippen molar-refractivity contribution >= 4 is 15.9 Å². The van der Waals surface area contributed by atoms with Crippen LogP contribution in [0, 0.1) is 6.92 Å². The SMILES string of the molecule is Cc1ccc(Br)cc1-c1cccc(C(F)(F)C(F)(F)F)c1. The number of hydrogen-bond acceptors (Lipinski definition) is 0. The van der Waals surface area contributed by atoms with Crippen molar-refractivity contribution < 1.29 is 22.0 Å². The predicted octanol–water partition coefficient (Wildman–Crippen LogP) is 6.08. The van der Waals surface area contributed by atoms with Crippen LogP contribution in [0.1, 0.15) is 11.1 Å². The summed E-state index contributed by atoms with van der Waals surface area (Å²) in [6.45, 7) is 1.76. The van der Waals surface area contributed by atoms with Gasteiger partial charge in [0.05, 0.1) is 0 Å². The summed E-state index contributed by atoms with van der Waals surface area (Å²) in [7, 11) is 0. The molecule has 2 aromatic rings. The zero-order valence-corrected chi connectivity index (χ0v) is 12.4. The number of hydrogen-bond donors (Lipinski definition) is 0. The Hall–Kier alpha value is -1.43. The molecule has 6 heteroatoms.